The fraction of sp³-hybridized carbons (Fsp3) is 0.667. The van der Waals surface area contributed by atoms with Crippen molar-refractivity contribution < 1.29 is 5.11 Å². The molecule has 1 aliphatic heterocycles. The Balaban J connectivity index is 2.29. The molecule has 2 unspecified atom stereocenters. The third kappa shape index (κ3) is 3.42. The third-order valence-electron chi connectivity index (χ3n) is 4.45. The summed E-state index contributed by atoms with van der Waals surface area (Å²) in [4.78, 5) is 0. The van der Waals surface area contributed by atoms with Crippen LogP contribution in [0.4, 0.5) is 0 Å². The maximum absolute atomic E-state index is 10.7. The standard InChI is InChI=1S/C18H29NO/c1-12(2)14-8-9-15(16(11-14)13(3)4)18(20)17-7-5-6-10-19-17/h8-9,11-13,17-20H,5-7,10H2,1-4H3. The Labute approximate surface area is 123 Å². The van der Waals surface area contributed by atoms with Crippen LogP contribution in [-0.4, -0.2) is 17.7 Å². The Morgan fingerprint density at radius 2 is 1.80 bits per heavy atom. The zero-order valence-corrected chi connectivity index (χ0v) is 13.3. The largest absolute Gasteiger partial charge is 0.387 e. The lowest BCUT2D eigenvalue weighted by Crippen LogP contribution is -2.39. The van der Waals surface area contributed by atoms with Crippen LogP contribution in [0.3, 0.4) is 0 Å². The Morgan fingerprint density at radius 3 is 2.35 bits per heavy atom. The van der Waals surface area contributed by atoms with Crippen molar-refractivity contribution in [3.05, 3.63) is 34.9 Å². The molecule has 0 saturated carbocycles. The molecule has 1 aromatic rings. The topological polar surface area (TPSA) is 32.3 Å². The van der Waals surface area contributed by atoms with Crippen LogP contribution >= 0.6 is 0 Å². The summed E-state index contributed by atoms with van der Waals surface area (Å²) in [7, 11) is 0. The summed E-state index contributed by atoms with van der Waals surface area (Å²) in [5.74, 6) is 0.980. The SMILES string of the molecule is CC(C)c1ccc(C(O)C2CCCCN2)c(C(C)C)c1. The predicted octanol–water partition coefficient (Wildman–Crippen LogP) is 4.11. The van der Waals surface area contributed by atoms with Gasteiger partial charge < -0.3 is 10.4 Å². The van der Waals surface area contributed by atoms with Crippen LogP contribution in [0.1, 0.15) is 81.6 Å². The number of nitrogens with one attached hydrogen (secondary N) is 1. The van der Waals surface area contributed by atoms with Crippen molar-refractivity contribution in [2.24, 2.45) is 0 Å². The van der Waals surface area contributed by atoms with E-state index in [4.69, 9.17) is 0 Å². The molecule has 1 aromatic carbocycles. The first-order valence-corrected chi connectivity index (χ1v) is 8.06. The maximum Gasteiger partial charge on any atom is 0.0945 e. The van der Waals surface area contributed by atoms with Gasteiger partial charge in [-0.15, -0.1) is 0 Å². The fourth-order valence-corrected chi connectivity index (χ4v) is 3.09. The molecule has 0 aliphatic carbocycles. The van der Waals surface area contributed by atoms with Gasteiger partial charge >= 0.3 is 0 Å². The predicted molar refractivity (Wildman–Crippen MR) is 85.2 cm³/mol. The Morgan fingerprint density at radius 1 is 1.05 bits per heavy atom. The van der Waals surface area contributed by atoms with E-state index in [-0.39, 0.29) is 12.1 Å². The molecule has 2 rings (SSSR count). The van der Waals surface area contributed by atoms with Gasteiger partial charge in [-0.2, -0.15) is 0 Å². The first kappa shape index (κ1) is 15.5. The van der Waals surface area contributed by atoms with Crippen LogP contribution in [0.25, 0.3) is 0 Å². The van der Waals surface area contributed by atoms with Crippen molar-refractivity contribution in [3.8, 4) is 0 Å². The molecule has 0 radical (unpaired) electrons. The fourth-order valence-electron chi connectivity index (χ4n) is 3.09. The van der Waals surface area contributed by atoms with Crippen LogP contribution in [0.15, 0.2) is 18.2 Å². The van der Waals surface area contributed by atoms with E-state index < -0.39 is 0 Å². The molecule has 1 heterocycles. The molecule has 1 fully saturated rings. The van der Waals surface area contributed by atoms with E-state index >= 15 is 0 Å². The van der Waals surface area contributed by atoms with Crippen molar-refractivity contribution in [1.29, 1.82) is 0 Å². The molecular formula is C18H29NO. The molecule has 0 amide bonds. The quantitative estimate of drug-likeness (QED) is 0.866. The normalized spacial score (nSPS) is 21.4. The molecule has 0 bridgehead atoms. The highest BCUT2D eigenvalue weighted by Crippen LogP contribution is 2.32. The highest BCUT2D eigenvalue weighted by molar-refractivity contribution is 5.37. The van der Waals surface area contributed by atoms with Gasteiger partial charge in [-0.05, 0) is 47.9 Å². The average molecular weight is 275 g/mol. The monoisotopic (exact) mass is 275 g/mol. The van der Waals surface area contributed by atoms with Gasteiger partial charge in [0.2, 0.25) is 0 Å². The minimum Gasteiger partial charge on any atom is -0.387 e. The number of hydrogen-bond donors (Lipinski definition) is 2. The summed E-state index contributed by atoms with van der Waals surface area (Å²) in [6.07, 6.45) is 3.14. The molecule has 0 aromatic heterocycles. The molecule has 20 heavy (non-hydrogen) atoms. The molecule has 1 aliphatic rings. The van der Waals surface area contributed by atoms with Crippen molar-refractivity contribution in [1.82, 2.24) is 5.32 Å². The lowest BCUT2D eigenvalue weighted by Gasteiger charge is -2.30. The second-order valence-electron chi connectivity index (χ2n) is 6.70. The molecule has 2 nitrogen and oxygen atoms in total. The summed E-state index contributed by atoms with van der Waals surface area (Å²) < 4.78 is 0. The van der Waals surface area contributed by atoms with E-state index in [9.17, 15) is 5.11 Å². The van der Waals surface area contributed by atoms with E-state index in [1.54, 1.807) is 0 Å². The van der Waals surface area contributed by atoms with Gasteiger partial charge in [-0.25, -0.2) is 0 Å². The summed E-state index contributed by atoms with van der Waals surface area (Å²) in [5.41, 5.74) is 3.78. The Bertz CT molecular complexity index is 433. The van der Waals surface area contributed by atoms with Gasteiger partial charge in [0.15, 0.2) is 0 Å². The van der Waals surface area contributed by atoms with Gasteiger partial charge in [0.25, 0.3) is 0 Å². The molecule has 2 atom stereocenters. The third-order valence-corrected chi connectivity index (χ3v) is 4.45. The smallest absolute Gasteiger partial charge is 0.0945 e. The average Bonchev–Trinajstić information content (AvgIpc) is 2.46. The Hall–Kier alpha value is -0.860. The maximum atomic E-state index is 10.7. The zero-order chi connectivity index (χ0) is 14.7. The van der Waals surface area contributed by atoms with Gasteiger partial charge in [0.05, 0.1) is 6.10 Å². The molecule has 1 saturated heterocycles. The van der Waals surface area contributed by atoms with E-state index in [0.29, 0.717) is 11.8 Å². The van der Waals surface area contributed by atoms with Crippen molar-refractivity contribution in [3.63, 3.8) is 0 Å². The summed E-state index contributed by atoms with van der Waals surface area (Å²) >= 11 is 0. The van der Waals surface area contributed by atoms with Crippen LogP contribution < -0.4 is 5.32 Å². The lowest BCUT2D eigenvalue weighted by atomic mass is 9.86. The van der Waals surface area contributed by atoms with Gasteiger partial charge in [-0.3, -0.25) is 0 Å². The number of aliphatic hydroxyl groups is 1. The number of rotatable bonds is 4. The first-order valence-electron chi connectivity index (χ1n) is 8.06. The minimum absolute atomic E-state index is 0.214. The van der Waals surface area contributed by atoms with E-state index in [1.807, 2.05) is 0 Å². The van der Waals surface area contributed by atoms with Crippen molar-refractivity contribution in [2.75, 3.05) is 6.54 Å². The van der Waals surface area contributed by atoms with E-state index in [1.165, 1.54) is 24.0 Å². The summed E-state index contributed by atoms with van der Waals surface area (Å²) in [5, 5.41) is 14.2. The zero-order valence-electron chi connectivity index (χ0n) is 13.3. The highest BCUT2D eigenvalue weighted by atomic mass is 16.3. The first-order chi connectivity index (χ1) is 9.50. The molecule has 2 heteroatoms. The number of benzene rings is 1. The van der Waals surface area contributed by atoms with Crippen molar-refractivity contribution >= 4 is 0 Å². The van der Waals surface area contributed by atoms with Gasteiger partial charge in [0, 0.05) is 6.04 Å². The number of aliphatic hydroxyl groups excluding tert-OH is 1. The second kappa shape index (κ2) is 6.73. The van der Waals surface area contributed by atoms with Crippen LogP contribution in [0.2, 0.25) is 0 Å². The molecular weight excluding hydrogens is 246 g/mol. The van der Waals surface area contributed by atoms with Crippen LogP contribution in [-0.2, 0) is 0 Å². The van der Waals surface area contributed by atoms with E-state index in [2.05, 4.69) is 51.2 Å². The molecule has 112 valence electrons. The van der Waals surface area contributed by atoms with E-state index in [0.717, 1.165) is 18.5 Å². The Kier molecular flexibility index (Phi) is 5.22. The molecule has 2 N–H and O–H groups in total. The highest BCUT2D eigenvalue weighted by Gasteiger charge is 2.25. The van der Waals surface area contributed by atoms with Gasteiger partial charge in [0.1, 0.15) is 0 Å². The number of hydrogen-bond acceptors (Lipinski definition) is 2. The lowest BCUT2D eigenvalue weighted by molar-refractivity contribution is 0.113. The van der Waals surface area contributed by atoms with Gasteiger partial charge in [-0.1, -0.05) is 52.3 Å². The van der Waals surface area contributed by atoms with Crippen LogP contribution in [0, 0.1) is 0 Å². The van der Waals surface area contributed by atoms with Crippen LogP contribution in [0.5, 0.6) is 0 Å². The number of piperidine rings is 1. The second-order valence-corrected chi connectivity index (χ2v) is 6.70. The van der Waals surface area contributed by atoms with Crippen molar-refractivity contribution in [2.45, 2.75) is 70.9 Å². The minimum atomic E-state index is -0.381. The molecule has 0 spiro atoms. The summed E-state index contributed by atoms with van der Waals surface area (Å²) in [6.45, 7) is 9.90. The summed E-state index contributed by atoms with van der Waals surface area (Å²) in [6, 6.07) is 6.83.